The minimum absolute atomic E-state index is 0.207. The van der Waals surface area contributed by atoms with E-state index in [0.29, 0.717) is 6.42 Å². The Labute approximate surface area is 126 Å². The van der Waals surface area contributed by atoms with Crippen molar-refractivity contribution in [1.82, 2.24) is 0 Å². The molecule has 0 aromatic heterocycles. The highest BCUT2D eigenvalue weighted by Gasteiger charge is 2.35. The van der Waals surface area contributed by atoms with Gasteiger partial charge in [-0.15, -0.1) is 0 Å². The van der Waals surface area contributed by atoms with Crippen LogP contribution in [0.5, 0.6) is 5.75 Å². The van der Waals surface area contributed by atoms with E-state index in [4.69, 9.17) is 0 Å². The van der Waals surface area contributed by atoms with Gasteiger partial charge in [0.2, 0.25) is 0 Å². The van der Waals surface area contributed by atoms with Crippen LogP contribution in [-0.4, -0.2) is 10.9 Å². The highest BCUT2D eigenvalue weighted by Crippen LogP contribution is 2.34. The molecule has 110 valence electrons. The highest BCUT2D eigenvalue weighted by atomic mass is 16.3. The lowest BCUT2D eigenvalue weighted by Gasteiger charge is -2.31. The zero-order valence-corrected chi connectivity index (χ0v) is 12.7. The second kappa shape index (κ2) is 6.57. The summed E-state index contributed by atoms with van der Waals surface area (Å²) < 4.78 is 0. The van der Waals surface area contributed by atoms with Gasteiger partial charge < -0.3 is 5.11 Å². The van der Waals surface area contributed by atoms with Gasteiger partial charge in [-0.3, -0.25) is 4.79 Å². The molecule has 0 aliphatic heterocycles. The summed E-state index contributed by atoms with van der Waals surface area (Å²) in [6.07, 6.45) is 1.92. The van der Waals surface area contributed by atoms with E-state index in [1.165, 1.54) is 0 Å². The number of benzene rings is 2. The summed E-state index contributed by atoms with van der Waals surface area (Å²) in [5, 5.41) is 9.55. The summed E-state index contributed by atoms with van der Waals surface area (Å²) in [5.41, 5.74) is 1.51. The molecule has 2 nitrogen and oxygen atoms in total. The predicted molar refractivity (Wildman–Crippen MR) is 85.5 cm³/mol. The van der Waals surface area contributed by atoms with Gasteiger partial charge in [-0.25, -0.2) is 0 Å². The summed E-state index contributed by atoms with van der Waals surface area (Å²) in [5.74, 6) is 0.419. The molecule has 0 aliphatic rings. The predicted octanol–water partition coefficient (Wildman–Crippen LogP) is 4.26. The van der Waals surface area contributed by atoms with Gasteiger partial charge in [0, 0.05) is 6.42 Å². The van der Waals surface area contributed by atoms with Crippen molar-refractivity contribution in [3.8, 4) is 5.75 Å². The van der Waals surface area contributed by atoms with Crippen molar-refractivity contribution in [3.63, 3.8) is 0 Å². The van der Waals surface area contributed by atoms with E-state index in [1.54, 1.807) is 18.2 Å². The molecule has 0 saturated carbocycles. The Morgan fingerprint density at radius 3 is 2.24 bits per heavy atom. The fourth-order valence-corrected chi connectivity index (χ4v) is 2.99. The minimum atomic E-state index is -0.438. The van der Waals surface area contributed by atoms with Crippen LogP contribution in [0.4, 0.5) is 0 Å². The van der Waals surface area contributed by atoms with Crippen LogP contribution >= 0.6 is 0 Å². The third kappa shape index (κ3) is 3.15. The Morgan fingerprint density at radius 2 is 1.67 bits per heavy atom. The molecule has 0 bridgehead atoms. The van der Waals surface area contributed by atoms with Crippen molar-refractivity contribution < 1.29 is 9.90 Å². The van der Waals surface area contributed by atoms with Crippen LogP contribution in [0.1, 0.15) is 37.8 Å². The quantitative estimate of drug-likeness (QED) is 0.859. The summed E-state index contributed by atoms with van der Waals surface area (Å²) in [6.45, 7) is 4.13. The number of hydrogen-bond acceptors (Lipinski definition) is 2. The van der Waals surface area contributed by atoms with Gasteiger partial charge in [0.1, 0.15) is 11.5 Å². The van der Waals surface area contributed by atoms with Gasteiger partial charge in [0.15, 0.2) is 0 Å². The molecular formula is C19H22O2. The Bertz CT molecular complexity index is 598. The van der Waals surface area contributed by atoms with Crippen LogP contribution < -0.4 is 0 Å². The van der Waals surface area contributed by atoms with Crippen molar-refractivity contribution >= 4 is 5.78 Å². The van der Waals surface area contributed by atoms with Crippen LogP contribution in [0, 0.1) is 0 Å². The molecule has 0 unspecified atom stereocenters. The summed E-state index contributed by atoms with van der Waals surface area (Å²) >= 11 is 0. The van der Waals surface area contributed by atoms with Crippen molar-refractivity contribution in [3.05, 3.63) is 65.7 Å². The van der Waals surface area contributed by atoms with E-state index >= 15 is 0 Å². The first kappa shape index (κ1) is 15.3. The number of phenolic OH excluding ortho intramolecular Hbond substituents is 1. The van der Waals surface area contributed by atoms with E-state index in [9.17, 15) is 9.90 Å². The third-order valence-electron chi connectivity index (χ3n) is 4.34. The summed E-state index contributed by atoms with van der Waals surface area (Å²) in [4.78, 5) is 12.9. The number of carbonyl (C=O) groups excluding carboxylic acids is 1. The molecule has 1 N–H and O–H groups in total. The average molecular weight is 282 g/mol. The second-order valence-electron chi connectivity index (χ2n) is 5.43. The smallest absolute Gasteiger partial charge is 0.147 e. The first-order chi connectivity index (χ1) is 10.1. The number of Topliss-reactive ketones (excluding diaryl/α,β-unsaturated/α-hetero) is 1. The second-order valence-corrected chi connectivity index (χ2v) is 5.43. The Balaban J connectivity index is 2.32. The van der Waals surface area contributed by atoms with Gasteiger partial charge in [0.05, 0.1) is 5.41 Å². The molecule has 0 radical (unpaired) electrons. The lowest BCUT2D eigenvalue weighted by atomic mass is 9.71. The molecule has 2 aromatic carbocycles. The van der Waals surface area contributed by atoms with Crippen LogP contribution in [0.25, 0.3) is 0 Å². The number of hydrogen-bond donors (Lipinski definition) is 1. The maximum absolute atomic E-state index is 12.9. The number of carbonyl (C=O) groups is 1. The molecule has 0 aliphatic carbocycles. The summed E-state index contributed by atoms with van der Waals surface area (Å²) in [6, 6.07) is 17.0. The molecule has 2 heteroatoms. The van der Waals surface area contributed by atoms with Gasteiger partial charge in [-0.1, -0.05) is 56.3 Å². The molecule has 2 aromatic rings. The molecule has 0 amide bonds. The fourth-order valence-electron chi connectivity index (χ4n) is 2.99. The lowest BCUT2D eigenvalue weighted by molar-refractivity contribution is -0.124. The van der Waals surface area contributed by atoms with Gasteiger partial charge in [0.25, 0.3) is 0 Å². The van der Waals surface area contributed by atoms with Gasteiger partial charge in [-0.05, 0) is 36.1 Å². The van der Waals surface area contributed by atoms with Crippen molar-refractivity contribution in [1.29, 1.82) is 0 Å². The van der Waals surface area contributed by atoms with Crippen molar-refractivity contribution in [2.45, 2.75) is 38.5 Å². The highest BCUT2D eigenvalue weighted by molar-refractivity contribution is 5.91. The number of ketones is 1. The van der Waals surface area contributed by atoms with E-state index in [2.05, 4.69) is 13.8 Å². The largest absolute Gasteiger partial charge is 0.508 e. The molecule has 0 atom stereocenters. The minimum Gasteiger partial charge on any atom is -0.508 e. The van der Waals surface area contributed by atoms with Crippen LogP contribution in [0.3, 0.4) is 0 Å². The van der Waals surface area contributed by atoms with E-state index < -0.39 is 5.41 Å². The molecule has 0 saturated heterocycles. The summed E-state index contributed by atoms with van der Waals surface area (Å²) in [7, 11) is 0. The molecule has 0 heterocycles. The first-order valence-electron chi connectivity index (χ1n) is 7.49. The van der Waals surface area contributed by atoms with Crippen LogP contribution in [-0.2, 0) is 16.6 Å². The maximum Gasteiger partial charge on any atom is 0.147 e. The molecular weight excluding hydrogens is 260 g/mol. The number of aromatic hydroxyl groups is 1. The number of phenols is 1. The van der Waals surface area contributed by atoms with Crippen LogP contribution in [0.15, 0.2) is 54.6 Å². The zero-order valence-electron chi connectivity index (χ0n) is 12.7. The van der Waals surface area contributed by atoms with E-state index in [-0.39, 0.29) is 11.5 Å². The topological polar surface area (TPSA) is 37.3 Å². The maximum atomic E-state index is 12.9. The van der Waals surface area contributed by atoms with Crippen molar-refractivity contribution in [2.75, 3.05) is 0 Å². The van der Waals surface area contributed by atoms with Crippen LogP contribution in [0.2, 0.25) is 0 Å². The Morgan fingerprint density at radius 1 is 1.00 bits per heavy atom. The molecule has 0 spiro atoms. The monoisotopic (exact) mass is 282 g/mol. The normalized spacial score (nSPS) is 11.3. The molecule has 0 fully saturated rings. The van der Waals surface area contributed by atoms with Gasteiger partial charge >= 0.3 is 0 Å². The Hall–Kier alpha value is -2.09. The first-order valence-corrected chi connectivity index (χ1v) is 7.49. The molecule has 21 heavy (non-hydrogen) atoms. The van der Waals surface area contributed by atoms with E-state index in [0.717, 1.165) is 24.0 Å². The van der Waals surface area contributed by atoms with E-state index in [1.807, 2.05) is 36.4 Å². The third-order valence-corrected chi connectivity index (χ3v) is 4.34. The van der Waals surface area contributed by atoms with Gasteiger partial charge in [-0.2, -0.15) is 0 Å². The zero-order chi connectivity index (χ0) is 15.3. The average Bonchev–Trinajstić information content (AvgIpc) is 2.50. The standard InChI is InChI=1S/C19H22O2/c1-3-19(4-2,16-10-6-5-7-11-16)18(21)14-15-9-8-12-17(20)13-15/h5-13,20H,3-4,14H2,1-2H3. The molecule has 2 rings (SSSR count). The number of rotatable bonds is 6. The fraction of sp³-hybridized carbons (Fsp3) is 0.316. The van der Waals surface area contributed by atoms with Crippen molar-refractivity contribution in [2.24, 2.45) is 0 Å². The Kier molecular flexibility index (Phi) is 4.79. The lowest BCUT2D eigenvalue weighted by Crippen LogP contribution is -2.36. The SMILES string of the molecule is CCC(CC)(C(=O)Cc1cccc(O)c1)c1ccccc1.